The van der Waals surface area contributed by atoms with E-state index < -0.39 is 5.60 Å². The van der Waals surface area contributed by atoms with E-state index in [-0.39, 0.29) is 5.60 Å². The molecule has 0 aliphatic carbocycles. The lowest BCUT2D eigenvalue weighted by molar-refractivity contribution is -0.683. The summed E-state index contributed by atoms with van der Waals surface area (Å²) in [4.78, 5) is 0. The predicted octanol–water partition coefficient (Wildman–Crippen LogP) is 1.08. The van der Waals surface area contributed by atoms with Gasteiger partial charge < -0.3 is 19.9 Å². The molecule has 1 aliphatic rings. The zero-order valence-corrected chi connectivity index (χ0v) is 12.7. The van der Waals surface area contributed by atoms with Crippen molar-refractivity contribution in [1.82, 2.24) is 0 Å². The van der Waals surface area contributed by atoms with Crippen LogP contribution in [0.15, 0.2) is 24.3 Å². The van der Waals surface area contributed by atoms with Crippen molar-refractivity contribution in [3.8, 4) is 5.75 Å². The summed E-state index contributed by atoms with van der Waals surface area (Å²) in [6, 6.07) is 8.06. The number of rotatable bonds is 5. The topological polar surface area (TPSA) is 55.3 Å². The molecule has 1 atom stereocenters. The van der Waals surface area contributed by atoms with Crippen LogP contribution in [0.1, 0.15) is 32.3 Å². The summed E-state index contributed by atoms with van der Waals surface area (Å²) >= 11 is 0. The van der Waals surface area contributed by atoms with Gasteiger partial charge in [0, 0.05) is 18.4 Å². The van der Waals surface area contributed by atoms with Crippen LogP contribution in [-0.2, 0) is 11.3 Å². The van der Waals surface area contributed by atoms with Crippen LogP contribution >= 0.6 is 0 Å². The van der Waals surface area contributed by atoms with Crippen molar-refractivity contribution in [2.45, 2.75) is 44.4 Å². The maximum atomic E-state index is 10.6. The van der Waals surface area contributed by atoms with Crippen molar-refractivity contribution in [3.05, 3.63) is 29.8 Å². The van der Waals surface area contributed by atoms with E-state index in [9.17, 15) is 5.11 Å². The highest BCUT2D eigenvalue weighted by Crippen LogP contribution is 2.30. The third kappa shape index (κ3) is 4.20. The minimum atomic E-state index is -0.617. The Balaban J connectivity index is 1.82. The number of hydrogen-bond donors (Lipinski definition) is 2. The fraction of sp³-hybridized carbons (Fsp3) is 0.625. The maximum absolute atomic E-state index is 10.6. The second-order valence-corrected chi connectivity index (χ2v) is 6.30. The lowest BCUT2D eigenvalue weighted by atomic mass is 9.84. The van der Waals surface area contributed by atoms with E-state index in [1.165, 1.54) is 5.56 Å². The quantitative estimate of drug-likeness (QED) is 0.848. The molecule has 4 heteroatoms. The molecule has 1 heterocycles. The molecular weight excluding hydrogens is 254 g/mol. The van der Waals surface area contributed by atoms with E-state index in [0.717, 1.165) is 18.7 Å². The summed E-state index contributed by atoms with van der Waals surface area (Å²) in [5.41, 5.74) is 0.399. The number of nitrogens with two attached hydrogens (primary N) is 1. The Labute approximate surface area is 121 Å². The van der Waals surface area contributed by atoms with Crippen molar-refractivity contribution in [2.75, 3.05) is 20.3 Å². The molecule has 3 N–H and O–H groups in total. The summed E-state index contributed by atoms with van der Waals surface area (Å²) in [7, 11) is 1.67. The molecule has 0 radical (unpaired) electrons. The van der Waals surface area contributed by atoms with Gasteiger partial charge in [-0.3, -0.25) is 0 Å². The zero-order chi connectivity index (χ0) is 14.6. The Morgan fingerprint density at radius 2 is 2.00 bits per heavy atom. The number of benzene rings is 1. The summed E-state index contributed by atoms with van der Waals surface area (Å²) < 4.78 is 10.8. The predicted molar refractivity (Wildman–Crippen MR) is 77.7 cm³/mol. The molecular formula is C16H26NO3+. The van der Waals surface area contributed by atoms with E-state index in [1.54, 1.807) is 7.11 Å². The highest BCUT2D eigenvalue weighted by molar-refractivity contribution is 5.26. The fourth-order valence-corrected chi connectivity index (χ4v) is 2.89. The van der Waals surface area contributed by atoms with Crippen LogP contribution in [0.25, 0.3) is 0 Å². The van der Waals surface area contributed by atoms with E-state index in [2.05, 4.69) is 17.4 Å². The highest BCUT2D eigenvalue weighted by atomic mass is 16.5. The first-order valence-corrected chi connectivity index (χ1v) is 7.23. The van der Waals surface area contributed by atoms with Crippen molar-refractivity contribution in [3.63, 3.8) is 0 Å². The lowest BCUT2D eigenvalue weighted by Gasteiger charge is -2.40. The Bertz CT molecular complexity index is 430. The van der Waals surface area contributed by atoms with Crippen molar-refractivity contribution >= 4 is 0 Å². The Hall–Kier alpha value is -1.10. The minimum absolute atomic E-state index is 0.221. The third-order valence-electron chi connectivity index (χ3n) is 3.88. The molecule has 112 valence electrons. The van der Waals surface area contributed by atoms with Gasteiger partial charge >= 0.3 is 0 Å². The van der Waals surface area contributed by atoms with Gasteiger partial charge in [-0.1, -0.05) is 0 Å². The van der Waals surface area contributed by atoms with Gasteiger partial charge in [0.1, 0.15) is 24.4 Å². The zero-order valence-electron chi connectivity index (χ0n) is 12.7. The van der Waals surface area contributed by atoms with E-state index in [4.69, 9.17) is 9.47 Å². The highest BCUT2D eigenvalue weighted by Gasteiger charge is 2.40. The molecule has 0 aromatic heterocycles. The van der Waals surface area contributed by atoms with Gasteiger partial charge in [0.25, 0.3) is 0 Å². The summed E-state index contributed by atoms with van der Waals surface area (Å²) in [6.45, 7) is 6.31. The molecule has 1 aromatic rings. The smallest absolute Gasteiger partial charge is 0.118 e. The maximum Gasteiger partial charge on any atom is 0.118 e. The molecule has 1 saturated heterocycles. The van der Waals surface area contributed by atoms with Crippen LogP contribution in [0, 0.1) is 0 Å². The second-order valence-electron chi connectivity index (χ2n) is 6.30. The van der Waals surface area contributed by atoms with Gasteiger partial charge in [-0.15, -0.1) is 0 Å². The van der Waals surface area contributed by atoms with Gasteiger partial charge in [-0.05, 0) is 38.1 Å². The summed E-state index contributed by atoms with van der Waals surface area (Å²) in [5, 5.41) is 12.8. The number of methoxy groups -OCH3 is 1. The van der Waals surface area contributed by atoms with Crippen LogP contribution in [-0.4, -0.2) is 36.6 Å². The normalized spacial score (nSPS) is 25.4. The first-order valence-electron chi connectivity index (χ1n) is 7.23. The van der Waals surface area contributed by atoms with Gasteiger partial charge in [0.15, 0.2) is 0 Å². The van der Waals surface area contributed by atoms with Crippen molar-refractivity contribution < 1.29 is 19.9 Å². The average molecular weight is 280 g/mol. The second kappa shape index (κ2) is 6.12. The fourth-order valence-electron chi connectivity index (χ4n) is 2.89. The molecule has 1 aliphatic heterocycles. The molecule has 4 nitrogen and oxygen atoms in total. The Morgan fingerprint density at radius 1 is 1.30 bits per heavy atom. The van der Waals surface area contributed by atoms with Crippen LogP contribution in [0.5, 0.6) is 5.75 Å². The first kappa shape index (κ1) is 15.3. The van der Waals surface area contributed by atoms with Crippen LogP contribution < -0.4 is 10.1 Å². The summed E-state index contributed by atoms with van der Waals surface area (Å²) in [5.74, 6) is 0.874. The van der Waals surface area contributed by atoms with E-state index in [1.807, 2.05) is 26.0 Å². The minimum Gasteiger partial charge on any atom is -0.497 e. The molecule has 2 rings (SSSR count). The molecule has 0 saturated carbocycles. The Morgan fingerprint density at radius 3 is 2.60 bits per heavy atom. The third-order valence-corrected chi connectivity index (χ3v) is 3.88. The molecule has 1 aromatic carbocycles. The molecule has 1 fully saturated rings. The van der Waals surface area contributed by atoms with Gasteiger partial charge in [0.05, 0.1) is 19.3 Å². The average Bonchev–Trinajstić information content (AvgIpc) is 2.38. The number of hydrogen-bond acceptors (Lipinski definition) is 3. The summed E-state index contributed by atoms with van der Waals surface area (Å²) in [6.07, 6.45) is 1.41. The molecule has 20 heavy (non-hydrogen) atoms. The van der Waals surface area contributed by atoms with Gasteiger partial charge in [-0.25, -0.2) is 0 Å². The molecule has 0 spiro atoms. The van der Waals surface area contributed by atoms with Crippen LogP contribution in [0.2, 0.25) is 0 Å². The number of ether oxygens (including phenoxy) is 2. The van der Waals surface area contributed by atoms with Gasteiger partial charge in [0.2, 0.25) is 0 Å². The van der Waals surface area contributed by atoms with Gasteiger partial charge in [-0.2, -0.15) is 0 Å². The van der Waals surface area contributed by atoms with Crippen molar-refractivity contribution in [1.29, 1.82) is 0 Å². The first-order chi connectivity index (χ1) is 9.42. The SMILES string of the molecule is COc1ccc(C[NH2+]C[C@@]2(O)CCOC(C)(C)C2)cc1. The Kier molecular flexibility index (Phi) is 4.68. The van der Waals surface area contributed by atoms with E-state index in [0.29, 0.717) is 19.6 Å². The number of quaternary nitrogens is 1. The van der Waals surface area contributed by atoms with Crippen LogP contribution in [0.3, 0.4) is 0 Å². The number of aliphatic hydroxyl groups is 1. The molecule has 0 unspecified atom stereocenters. The monoisotopic (exact) mass is 280 g/mol. The van der Waals surface area contributed by atoms with Crippen molar-refractivity contribution in [2.24, 2.45) is 0 Å². The molecule has 0 amide bonds. The standard InChI is InChI=1S/C16H25NO3/c1-15(2)11-16(18,8-9-20-15)12-17-10-13-4-6-14(19-3)7-5-13/h4-7,17-18H,8-12H2,1-3H3/p+1/t16-/m1/s1. The molecule has 0 bridgehead atoms. The largest absolute Gasteiger partial charge is 0.497 e. The lowest BCUT2D eigenvalue weighted by Crippen LogP contribution is -2.87. The van der Waals surface area contributed by atoms with E-state index >= 15 is 0 Å². The van der Waals surface area contributed by atoms with Crippen LogP contribution in [0.4, 0.5) is 0 Å².